The van der Waals surface area contributed by atoms with E-state index in [2.05, 4.69) is 23.2 Å². The van der Waals surface area contributed by atoms with E-state index in [1.54, 1.807) is 0 Å². The number of imide groups is 1. The first-order chi connectivity index (χ1) is 18.0. The van der Waals surface area contributed by atoms with Gasteiger partial charge in [0.15, 0.2) is 0 Å². The first-order valence-electron chi connectivity index (χ1n) is 13.4. The van der Waals surface area contributed by atoms with Gasteiger partial charge in [-0.05, 0) is 55.4 Å². The molecule has 1 saturated carbocycles. The number of carbonyl (C=O) groups is 3. The lowest BCUT2D eigenvalue weighted by molar-refractivity contribution is -0.143. The predicted octanol–water partition coefficient (Wildman–Crippen LogP) is 3.04. The maximum atomic E-state index is 13.7. The molecule has 2 aliphatic carbocycles. The van der Waals surface area contributed by atoms with E-state index in [0.29, 0.717) is 25.3 Å². The summed E-state index contributed by atoms with van der Waals surface area (Å²) in [7, 11) is 0. The van der Waals surface area contributed by atoms with E-state index in [9.17, 15) is 14.4 Å². The molecule has 8 heteroatoms. The summed E-state index contributed by atoms with van der Waals surface area (Å²) >= 11 is 0. The van der Waals surface area contributed by atoms with Crippen molar-refractivity contribution in [2.45, 2.75) is 50.8 Å². The van der Waals surface area contributed by atoms with Crippen molar-refractivity contribution in [2.75, 3.05) is 37.6 Å². The highest BCUT2D eigenvalue weighted by molar-refractivity contribution is 6.06. The van der Waals surface area contributed by atoms with Crippen LogP contribution < -0.4 is 10.2 Å². The second-order valence-electron chi connectivity index (χ2n) is 10.8. The highest BCUT2D eigenvalue weighted by atomic mass is 16.6. The molecule has 2 heterocycles. The fourth-order valence-electron chi connectivity index (χ4n) is 6.06. The van der Waals surface area contributed by atoms with Crippen molar-refractivity contribution in [3.05, 3.63) is 65.2 Å². The fourth-order valence-corrected chi connectivity index (χ4v) is 6.06. The Morgan fingerprint density at radius 1 is 1.14 bits per heavy atom. The van der Waals surface area contributed by atoms with Crippen LogP contribution in [0.1, 0.15) is 42.9 Å². The lowest BCUT2D eigenvalue weighted by Crippen LogP contribution is -2.47. The van der Waals surface area contributed by atoms with Gasteiger partial charge in [-0.3, -0.25) is 9.59 Å². The third-order valence-corrected chi connectivity index (χ3v) is 8.43. The topological polar surface area (TPSA) is 82.2 Å². The molecule has 3 fully saturated rings. The highest BCUT2D eigenvalue weighted by Gasteiger charge is 2.58. The Hall–Kier alpha value is -3.39. The van der Waals surface area contributed by atoms with Gasteiger partial charge >= 0.3 is 6.09 Å². The lowest BCUT2D eigenvalue weighted by Gasteiger charge is -2.31. The van der Waals surface area contributed by atoms with E-state index < -0.39 is 17.6 Å². The molecule has 1 unspecified atom stereocenters. The summed E-state index contributed by atoms with van der Waals surface area (Å²) in [6.07, 6.45) is 2.54. The summed E-state index contributed by atoms with van der Waals surface area (Å²) in [5, 5.41) is 3.36. The van der Waals surface area contributed by atoms with E-state index in [0.717, 1.165) is 66.3 Å². The zero-order valence-electron chi connectivity index (χ0n) is 21.3. The van der Waals surface area contributed by atoms with E-state index in [-0.39, 0.29) is 18.5 Å². The Kier molecular flexibility index (Phi) is 6.15. The molecule has 1 N–H and O–H groups in total. The van der Waals surface area contributed by atoms with Crippen LogP contribution in [0, 0.1) is 5.92 Å². The summed E-state index contributed by atoms with van der Waals surface area (Å²) in [5.41, 5.74) is 2.64. The number of hydrogen-bond donors (Lipinski definition) is 1. The molecule has 2 aliphatic heterocycles. The number of anilines is 1. The number of hydrogen-bond acceptors (Lipinski definition) is 6. The zero-order chi connectivity index (χ0) is 25.6. The Morgan fingerprint density at radius 3 is 2.62 bits per heavy atom. The van der Waals surface area contributed by atoms with Gasteiger partial charge in [0.25, 0.3) is 5.91 Å². The van der Waals surface area contributed by atoms with Crippen LogP contribution in [0.25, 0.3) is 0 Å². The molecule has 37 heavy (non-hydrogen) atoms. The number of ether oxygens (including phenoxy) is 1. The van der Waals surface area contributed by atoms with Crippen molar-refractivity contribution in [1.29, 1.82) is 0 Å². The van der Waals surface area contributed by atoms with Crippen molar-refractivity contribution in [3.8, 4) is 0 Å². The van der Waals surface area contributed by atoms with Gasteiger partial charge in [0, 0.05) is 56.4 Å². The average molecular weight is 503 g/mol. The van der Waals surface area contributed by atoms with Crippen LogP contribution in [0.4, 0.5) is 10.5 Å². The quantitative estimate of drug-likeness (QED) is 0.627. The zero-order valence-corrected chi connectivity index (χ0v) is 21.3. The van der Waals surface area contributed by atoms with Crippen molar-refractivity contribution in [3.63, 3.8) is 0 Å². The normalized spacial score (nSPS) is 23.8. The summed E-state index contributed by atoms with van der Waals surface area (Å²) in [4.78, 5) is 45.4. The van der Waals surface area contributed by atoms with Gasteiger partial charge in [0.2, 0.25) is 11.5 Å². The lowest BCUT2D eigenvalue weighted by atomic mass is 9.94. The van der Waals surface area contributed by atoms with Gasteiger partial charge in [-0.15, -0.1) is 0 Å². The minimum Gasteiger partial charge on any atom is -0.427 e. The summed E-state index contributed by atoms with van der Waals surface area (Å²) in [6.45, 7) is 5.99. The van der Waals surface area contributed by atoms with Crippen LogP contribution in [0.15, 0.2) is 48.5 Å². The maximum Gasteiger partial charge on any atom is 0.418 e. The molecule has 3 amide bonds. The van der Waals surface area contributed by atoms with Crippen molar-refractivity contribution in [1.82, 2.24) is 15.1 Å². The van der Waals surface area contributed by atoms with Gasteiger partial charge in [-0.25, -0.2) is 9.69 Å². The molecule has 0 radical (unpaired) electrons. The molecule has 0 bridgehead atoms. The highest BCUT2D eigenvalue weighted by Crippen LogP contribution is 2.46. The van der Waals surface area contributed by atoms with Gasteiger partial charge in [-0.2, -0.15) is 0 Å². The number of rotatable bonds is 7. The smallest absolute Gasteiger partial charge is 0.418 e. The maximum absolute atomic E-state index is 13.7. The van der Waals surface area contributed by atoms with E-state index in [4.69, 9.17) is 4.74 Å². The molecule has 4 aliphatic rings. The summed E-state index contributed by atoms with van der Waals surface area (Å²) in [5.74, 6) is -0.178. The third-order valence-electron chi connectivity index (χ3n) is 8.43. The minimum atomic E-state index is -1.32. The minimum absolute atomic E-state index is 0.0472. The molecule has 2 atom stereocenters. The molecule has 2 aromatic carbocycles. The first kappa shape index (κ1) is 24.0. The fraction of sp³-hybridized carbons (Fsp3) is 0.483. The Bertz CT molecular complexity index is 1210. The number of nitrogens with zero attached hydrogens (tertiary/aromatic N) is 3. The SMILES string of the molecule is CC(C1CC1)N(Cc1ccccc1)C(=O)CN1C(=O)O[C@]2(CCc3cc(N4CCNCC4)ccc32)C1=O. The monoisotopic (exact) mass is 502 g/mol. The molecular formula is C29H34N4O4. The van der Waals surface area contributed by atoms with Crippen LogP contribution in [0.2, 0.25) is 0 Å². The van der Waals surface area contributed by atoms with E-state index in [1.807, 2.05) is 47.4 Å². The number of nitrogens with one attached hydrogen (secondary N) is 1. The van der Waals surface area contributed by atoms with Gasteiger partial charge < -0.3 is 19.9 Å². The molecule has 2 saturated heterocycles. The summed E-state index contributed by atoms with van der Waals surface area (Å²) < 4.78 is 5.81. The number of amides is 3. The Morgan fingerprint density at radius 2 is 1.89 bits per heavy atom. The second-order valence-corrected chi connectivity index (χ2v) is 10.8. The van der Waals surface area contributed by atoms with Crippen molar-refractivity contribution in [2.24, 2.45) is 5.92 Å². The third kappa shape index (κ3) is 4.37. The van der Waals surface area contributed by atoms with Crippen molar-refractivity contribution < 1.29 is 19.1 Å². The standard InChI is InChI=1S/C29H34N4O4/c1-20(22-7-8-22)32(18-21-5-3-2-4-6-21)26(34)19-33-27(35)29(37-28(33)36)12-11-23-17-24(9-10-25(23)29)31-15-13-30-14-16-31/h2-6,9-10,17,20,22,30H,7-8,11-16,18-19H2,1H3/t20?,29-/m0/s1. The number of fused-ring (bicyclic) bond motifs is 2. The molecule has 194 valence electrons. The van der Waals surface area contributed by atoms with Crippen LogP contribution in [-0.4, -0.2) is 66.5 Å². The number of aryl methyl sites for hydroxylation is 1. The number of benzene rings is 2. The molecule has 2 aromatic rings. The van der Waals surface area contributed by atoms with Crippen LogP contribution in [0.3, 0.4) is 0 Å². The van der Waals surface area contributed by atoms with Crippen molar-refractivity contribution >= 4 is 23.6 Å². The summed E-state index contributed by atoms with van der Waals surface area (Å²) in [6, 6.07) is 16.0. The molecular weight excluding hydrogens is 468 g/mol. The molecule has 1 spiro atoms. The molecule has 6 rings (SSSR count). The van der Waals surface area contributed by atoms with E-state index in [1.165, 1.54) is 0 Å². The Labute approximate surface area is 217 Å². The number of piperazine rings is 1. The van der Waals surface area contributed by atoms with Crippen LogP contribution >= 0.6 is 0 Å². The van der Waals surface area contributed by atoms with Gasteiger partial charge in [-0.1, -0.05) is 36.4 Å². The Balaban J connectivity index is 1.21. The molecule has 8 nitrogen and oxygen atoms in total. The second kappa shape index (κ2) is 9.49. The first-order valence-corrected chi connectivity index (χ1v) is 13.4. The molecule has 0 aromatic heterocycles. The van der Waals surface area contributed by atoms with Crippen LogP contribution in [-0.2, 0) is 32.9 Å². The van der Waals surface area contributed by atoms with Gasteiger partial charge in [0.05, 0.1) is 0 Å². The average Bonchev–Trinajstić information content (AvgIpc) is 3.68. The van der Waals surface area contributed by atoms with Gasteiger partial charge in [0.1, 0.15) is 6.54 Å². The largest absolute Gasteiger partial charge is 0.427 e. The predicted molar refractivity (Wildman–Crippen MR) is 139 cm³/mol. The van der Waals surface area contributed by atoms with Crippen LogP contribution in [0.5, 0.6) is 0 Å². The number of carbonyl (C=O) groups excluding carboxylic acids is 3. The van der Waals surface area contributed by atoms with E-state index >= 15 is 0 Å².